The van der Waals surface area contributed by atoms with Crippen LogP contribution in [0.4, 0.5) is 0 Å². The quantitative estimate of drug-likeness (QED) is 0.533. The van der Waals surface area contributed by atoms with Crippen LogP contribution < -0.4 is 11.5 Å². The summed E-state index contributed by atoms with van der Waals surface area (Å²) in [5, 5.41) is 8.67. The Morgan fingerprint density at radius 2 is 2.00 bits per heavy atom. The van der Waals surface area contributed by atoms with E-state index in [1.54, 1.807) is 0 Å². The zero-order valence-electron chi connectivity index (χ0n) is 7.51. The minimum absolute atomic E-state index is 0.167. The van der Waals surface area contributed by atoms with Crippen molar-refractivity contribution < 1.29 is 5.11 Å². The fraction of sp³-hybridized carbons (Fsp3) is 1.00. The molecule has 3 nitrogen and oxygen atoms in total. The lowest BCUT2D eigenvalue weighted by molar-refractivity contribution is 0.239. The first kappa shape index (κ1) is 10.9. The van der Waals surface area contributed by atoms with E-state index >= 15 is 0 Å². The monoisotopic (exact) mass is 160 g/mol. The molecular weight excluding hydrogens is 140 g/mol. The summed E-state index contributed by atoms with van der Waals surface area (Å²) in [6.45, 7) is 4.78. The van der Waals surface area contributed by atoms with Crippen LogP contribution in [0.2, 0.25) is 0 Å². The van der Waals surface area contributed by atoms with Gasteiger partial charge in [-0.3, -0.25) is 0 Å². The smallest absolute Gasteiger partial charge is 0.0434 e. The maximum absolute atomic E-state index is 8.67. The number of rotatable bonds is 5. The van der Waals surface area contributed by atoms with Gasteiger partial charge < -0.3 is 16.6 Å². The SMILES string of the molecule is CC(C)(N)CC(CN)CCO. The lowest BCUT2D eigenvalue weighted by Gasteiger charge is -2.24. The van der Waals surface area contributed by atoms with Crippen LogP contribution in [0, 0.1) is 5.92 Å². The molecule has 0 aliphatic heterocycles. The Morgan fingerprint density at radius 3 is 2.27 bits per heavy atom. The number of aliphatic hydroxyl groups excluding tert-OH is 1. The Hall–Kier alpha value is -0.120. The van der Waals surface area contributed by atoms with Gasteiger partial charge in [0.1, 0.15) is 0 Å². The van der Waals surface area contributed by atoms with E-state index in [0.717, 1.165) is 12.8 Å². The van der Waals surface area contributed by atoms with Gasteiger partial charge in [0, 0.05) is 12.1 Å². The van der Waals surface area contributed by atoms with Crippen LogP contribution in [0.25, 0.3) is 0 Å². The third-order valence-corrected chi connectivity index (χ3v) is 1.69. The Morgan fingerprint density at radius 1 is 1.45 bits per heavy atom. The van der Waals surface area contributed by atoms with Crippen LogP contribution in [0.3, 0.4) is 0 Å². The number of hydrogen-bond acceptors (Lipinski definition) is 3. The predicted molar refractivity (Wildman–Crippen MR) is 47.1 cm³/mol. The van der Waals surface area contributed by atoms with Crippen LogP contribution in [0.15, 0.2) is 0 Å². The van der Waals surface area contributed by atoms with Crippen molar-refractivity contribution >= 4 is 0 Å². The number of aliphatic hydroxyl groups is 1. The van der Waals surface area contributed by atoms with Gasteiger partial charge in [-0.15, -0.1) is 0 Å². The van der Waals surface area contributed by atoms with E-state index in [0.29, 0.717) is 12.5 Å². The van der Waals surface area contributed by atoms with Crippen molar-refractivity contribution in [3.05, 3.63) is 0 Å². The average Bonchev–Trinajstić information content (AvgIpc) is 1.84. The van der Waals surface area contributed by atoms with Crippen LogP contribution in [-0.4, -0.2) is 23.8 Å². The molecule has 1 unspecified atom stereocenters. The van der Waals surface area contributed by atoms with Crippen molar-refractivity contribution in [1.82, 2.24) is 0 Å². The molecule has 0 aromatic carbocycles. The number of hydrogen-bond donors (Lipinski definition) is 3. The summed E-state index contributed by atoms with van der Waals surface area (Å²) in [7, 11) is 0. The first-order valence-electron chi connectivity index (χ1n) is 4.09. The largest absolute Gasteiger partial charge is 0.396 e. The molecule has 11 heavy (non-hydrogen) atoms. The molecule has 1 atom stereocenters. The van der Waals surface area contributed by atoms with Crippen molar-refractivity contribution in [3.63, 3.8) is 0 Å². The molecule has 0 aromatic heterocycles. The second-order valence-electron chi connectivity index (χ2n) is 3.81. The molecule has 0 fully saturated rings. The first-order valence-corrected chi connectivity index (χ1v) is 4.09. The molecule has 0 amide bonds. The highest BCUT2D eigenvalue weighted by Crippen LogP contribution is 2.15. The second kappa shape index (κ2) is 4.70. The molecule has 0 saturated heterocycles. The summed E-state index contributed by atoms with van der Waals surface area (Å²) in [6.07, 6.45) is 1.64. The minimum Gasteiger partial charge on any atom is -0.396 e. The van der Waals surface area contributed by atoms with Gasteiger partial charge >= 0.3 is 0 Å². The maximum Gasteiger partial charge on any atom is 0.0434 e. The van der Waals surface area contributed by atoms with Crippen molar-refractivity contribution in [1.29, 1.82) is 0 Å². The summed E-state index contributed by atoms with van der Waals surface area (Å²) in [6, 6.07) is 0. The van der Waals surface area contributed by atoms with Crippen molar-refractivity contribution in [2.45, 2.75) is 32.2 Å². The van der Waals surface area contributed by atoms with Crippen molar-refractivity contribution in [3.8, 4) is 0 Å². The molecule has 0 spiro atoms. The molecule has 68 valence electrons. The highest BCUT2D eigenvalue weighted by molar-refractivity contribution is 4.76. The zero-order chi connectivity index (χ0) is 8.91. The van der Waals surface area contributed by atoms with Gasteiger partial charge in [0.05, 0.1) is 0 Å². The lowest BCUT2D eigenvalue weighted by atomic mass is 9.90. The second-order valence-corrected chi connectivity index (χ2v) is 3.81. The molecule has 0 aliphatic rings. The van der Waals surface area contributed by atoms with Crippen molar-refractivity contribution in [2.75, 3.05) is 13.2 Å². The van der Waals surface area contributed by atoms with Gasteiger partial charge in [0.2, 0.25) is 0 Å². The highest BCUT2D eigenvalue weighted by Gasteiger charge is 2.17. The predicted octanol–water partition coefficient (Wildman–Crippen LogP) is 0.0711. The maximum atomic E-state index is 8.67. The number of nitrogens with two attached hydrogens (primary N) is 2. The molecule has 5 N–H and O–H groups in total. The van der Waals surface area contributed by atoms with E-state index in [1.807, 2.05) is 13.8 Å². The Balaban J connectivity index is 3.68. The summed E-state index contributed by atoms with van der Waals surface area (Å²) in [5.41, 5.74) is 11.1. The molecule has 0 heterocycles. The molecule has 3 heteroatoms. The average molecular weight is 160 g/mol. The van der Waals surface area contributed by atoms with E-state index in [1.165, 1.54) is 0 Å². The summed E-state index contributed by atoms with van der Waals surface area (Å²) in [4.78, 5) is 0. The van der Waals surface area contributed by atoms with Gasteiger partial charge in [-0.1, -0.05) is 0 Å². The lowest BCUT2D eigenvalue weighted by Crippen LogP contribution is -2.36. The fourth-order valence-corrected chi connectivity index (χ4v) is 1.23. The summed E-state index contributed by atoms with van der Waals surface area (Å²) in [5.74, 6) is 0.361. The van der Waals surface area contributed by atoms with Gasteiger partial charge in [-0.25, -0.2) is 0 Å². The molecule has 0 rings (SSSR count). The van der Waals surface area contributed by atoms with Gasteiger partial charge in [0.15, 0.2) is 0 Å². The molecule has 0 aliphatic carbocycles. The van der Waals surface area contributed by atoms with E-state index < -0.39 is 0 Å². The topological polar surface area (TPSA) is 72.3 Å². The Kier molecular flexibility index (Phi) is 4.65. The normalized spacial score (nSPS) is 15.0. The summed E-state index contributed by atoms with van der Waals surface area (Å²) < 4.78 is 0. The van der Waals surface area contributed by atoms with Crippen LogP contribution in [0.1, 0.15) is 26.7 Å². The molecule has 0 saturated carbocycles. The first-order chi connectivity index (χ1) is 4.99. The highest BCUT2D eigenvalue weighted by atomic mass is 16.3. The van der Waals surface area contributed by atoms with Crippen LogP contribution >= 0.6 is 0 Å². The summed E-state index contributed by atoms with van der Waals surface area (Å²) >= 11 is 0. The molecule has 0 aromatic rings. The van der Waals surface area contributed by atoms with E-state index in [4.69, 9.17) is 16.6 Å². The van der Waals surface area contributed by atoms with Crippen LogP contribution in [0.5, 0.6) is 0 Å². The van der Waals surface area contributed by atoms with Gasteiger partial charge in [0.25, 0.3) is 0 Å². The molecule has 0 bridgehead atoms. The standard InChI is InChI=1S/C8H20N2O/c1-8(2,10)5-7(6-9)3-4-11/h7,11H,3-6,9-10H2,1-2H3. The van der Waals surface area contributed by atoms with Gasteiger partial charge in [-0.2, -0.15) is 0 Å². The Bertz CT molecular complexity index is 98.8. The van der Waals surface area contributed by atoms with Gasteiger partial charge in [-0.05, 0) is 39.2 Å². The van der Waals surface area contributed by atoms with Crippen LogP contribution in [-0.2, 0) is 0 Å². The third-order valence-electron chi connectivity index (χ3n) is 1.69. The van der Waals surface area contributed by atoms with E-state index in [2.05, 4.69) is 0 Å². The fourth-order valence-electron chi connectivity index (χ4n) is 1.23. The minimum atomic E-state index is -0.167. The zero-order valence-corrected chi connectivity index (χ0v) is 7.51. The van der Waals surface area contributed by atoms with Crippen molar-refractivity contribution in [2.24, 2.45) is 17.4 Å². The molecular formula is C8H20N2O. The van der Waals surface area contributed by atoms with E-state index in [9.17, 15) is 0 Å². The molecule has 0 radical (unpaired) electrons. The van der Waals surface area contributed by atoms with E-state index in [-0.39, 0.29) is 12.1 Å². The Labute approximate surface area is 68.8 Å². The third kappa shape index (κ3) is 6.28.